The van der Waals surface area contributed by atoms with Gasteiger partial charge in [0.05, 0.1) is 12.7 Å². The van der Waals surface area contributed by atoms with Crippen LogP contribution in [-0.4, -0.2) is 67.0 Å². The first kappa shape index (κ1) is 23.5. The summed E-state index contributed by atoms with van der Waals surface area (Å²) in [5, 5.41) is 0. The predicted molar refractivity (Wildman–Crippen MR) is 114 cm³/mol. The third kappa shape index (κ3) is 5.47. The van der Waals surface area contributed by atoms with Gasteiger partial charge < -0.3 is 9.47 Å². The van der Waals surface area contributed by atoms with E-state index in [-0.39, 0.29) is 11.7 Å². The maximum Gasteiger partial charge on any atom is 0.340 e. The van der Waals surface area contributed by atoms with Crippen molar-refractivity contribution in [3.05, 3.63) is 65.2 Å². The number of ether oxygens (including phenoxy) is 2. The highest BCUT2D eigenvalue weighted by molar-refractivity contribution is 5.89. The van der Waals surface area contributed by atoms with Crippen LogP contribution in [0.4, 0.5) is 17.6 Å². The van der Waals surface area contributed by atoms with Crippen molar-refractivity contribution >= 4 is 5.97 Å². The summed E-state index contributed by atoms with van der Waals surface area (Å²) in [6, 6.07) is 15.0. The van der Waals surface area contributed by atoms with Gasteiger partial charge >= 0.3 is 18.3 Å². The van der Waals surface area contributed by atoms with E-state index in [1.165, 1.54) is 19.2 Å². The van der Waals surface area contributed by atoms with Crippen LogP contribution in [0.15, 0.2) is 48.5 Å². The lowest BCUT2D eigenvalue weighted by atomic mass is 10.1. The van der Waals surface area contributed by atoms with E-state index in [2.05, 4.69) is 9.80 Å². The number of hydrogen-bond acceptors (Lipinski definition) is 5. The van der Waals surface area contributed by atoms with Crippen molar-refractivity contribution < 1.29 is 31.8 Å². The molecule has 2 aliphatic heterocycles. The SMILES string of the molecule is COC(=O)c1ccc(CN2C[C@@H]3C[C@H]2CN3Cc2ccc(OCC(F)(F)C(F)F)cc2)cc1. The van der Waals surface area contributed by atoms with Crippen LogP contribution in [0.5, 0.6) is 5.75 Å². The van der Waals surface area contributed by atoms with Gasteiger partial charge in [0.15, 0.2) is 6.61 Å². The molecule has 2 aromatic rings. The predicted octanol–water partition coefficient (Wildman–Crippen LogP) is 4.21. The van der Waals surface area contributed by atoms with Gasteiger partial charge in [-0.05, 0) is 41.8 Å². The fourth-order valence-corrected chi connectivity index (χ4v) is 4.49. The minimum absolute atomic E-state index is 0.145. The van der Waals surface area contributed by atoms with Crippen molar-refractivity contribution in [3.8, 4) is 5.75 Å². The largest absolute Gasteiger partial charge is 0.487 e. The molecule has 178 valence electrons. The number of rotatable bonds is 9. The average molecular weight is 466 g/mol. The molecular formula is C24H26F4N2O3. The van der Waals surface area contributed by atoms with Crippen molar-refractivity contribution in [1.82, 2.24) is 9.80 Å². The molecule has 2 saturated heterocycles. The third-order valence-corrected chi connectivity index (χ3v) is 6.29. The number of fused-ring (bicyclic) bond motifs is 2. The number of hydrogen-bond donors (Lipinski definition) is 0. The van der Waals surface area contributed by atoms with Gasteiger partial charge in [-0.25, -0.2) is 13.6 Å². The summed E-state index contributed by atoms with van der Waals surface area (Å²) in [6.45, 7) is 2.10. The molecule has 2 atom stereocenters. The average Bonchev–Trinajstić information content (AvgIpc) is 3.38. The second-order valence-electron chi connectivity index (χ2n) is 8.59. The highest BCUT2D eigenvalue weighted by Gasteiger charge is 2.43. The van der Waals surface area contributed by atoms with Crippen LogP contribution >= 0.6 is 0 Å². The number of halogens is 4. The number of alkyl halides is 4. The summed E-state index contributed by atoms with van der Waals surface area (Å²) in [5.74, 6) is -4.36. The van der Waals surface area contributed by atoms with Gasteiger partial charge in [-0.3, -0.25) is 9.80 Å². The molecule has 0 N–H and O–H groups in total. The van der Waals surface area contributed by atoms with Crippen LogP contribution in [-0.2, 0) is 17.8 Å². The van der Waals surface area contributed by atoms with Crippen molar-refractivity contribution in [2.24, 2.45) is 0 Å². The normalized spacial score (nSPS) is 21.0. The van der Waals surface area contributed by atoms with Crippen molar-refractivity contribution in [2.45, 2.75) is 43.9 Å². The molecule has 0 aromatic heterocycles. The summed E-state index contributed by atoms with van der Waals surface area (Å²) in [6.07, 6.45) is -2.66. The maximum atomic E-state index is 13.0. The Balaban J connectivity index is 1.26. The Morgan fingerprint density at radius 2 is 1.48 bits per heavy atom. The summed E-state index contributed by atoms with van der Waals surface area (Å²) >= 11 is 0. The van der Waals surface area contributed by atoms with E-state index < -0.39 is 19.0 Å². The molecule has 9 heteroatoms. The summed E-state index contributed by atoms with van der Waals surface area (Å²) in [7, 11) is 1.36. The molecule has 4 rings (SSSR count). The second kappa shape index (κ2) is 9.69. The Hall–Kier alpha value is -2.65. The Kier molecular flexibility index (Phi) is 6.90. The lowest BCUT2D eigenvalue weighted by Gasteiger charge is -2.34. The van der Waals surface area contributed by atoms with Crippen LogP contribution in [0.25, 0.3) is 0 Å². The van der Waals surface area contributed by atoms with Gasteiger partial charge in [0, 0.05) is 38.3 Å². The molecule has 0 saturated carbocycles. The third-order valence-electron chi connectivity index (χ3n) is 6.29. The number of piperazine rings is 1. The van der Waals surface area contributed by atoms with E-state index in [0.29, 0.717) is 17.6 Å². The van der Waals surface area contributed by atoms with Crippen LogP contribution in [0, 0.1) is 0 Å². The number of carbonyl (C=O) groups is 1. The number of methoxy groups -OCH3 is 1. The first-order valence-corrected chi connectivity index (χ1v) is 10.8. The smallest absolute Gasteiger partial charge is 0.340 e. The molecule has 2 aromatic carbocycles. The van der Waals surface area contributed by atoms with Crippen LogP contribution in [0.1, 0.15) is 27.9 Å². The molecule has 0 unspecified atom stereocenters. The number of likely N-dealkylation sites (tertiary alicyclic amines) is 2. The molecule has 2 fully saturated rings. The highest BCUT2D eigenvalue weighted by atomic mass is 19.3. The zero-order chi connectivity index (χ0) is 23.6. The van der Waals surface area contributed by atoms with E-state index in [1.807, 2.05) is 12.1 Å². The summed E-state index contributed by atoms with van der Waals surface area (Å²) in [5.41, 5.74) is 2.70. The van der Waals surface area contributed by atoms with Crippen LogP contribution < -0.4 is 4.74 Å². The second-order valence-corrected chi connectivity index (χ2v) is 8.59. The minimum Gasteiger partial charge on any atom is -0.487 e. The van der Waals surface area contributed by atoms with Gasteiger partial charge in [0.25, 0.3) is 0 Å². The van der Waals surface area contributed by atoms with Gasteiger partial charge in [-0.15, -0.1) is 0 Å². The number of nitrogens with zero attached hydrogens (tertiary/aromatic N) is 2. The first-order chi connectivity index (χ1) is 15.7. The van der Waals surface area contributed by atoms with Crippen molar-refractivity contribution in [2.75, 3.05) is 26.8 Å². The lowest BCUT2D eigenvalue weighted by molar-refractivity contribution is -0.148. The molecule has 5 nitrogen and oxygen atoms in total. The molecule has 33 heavy (non-hydrogen) atoms. The van der Waals surface area contributed by atoms with E-state index in [9.17, 15) is 22.4 Å². The molecule has 0 spiro atoms. The molecule has 0 amide bonds. The quantitative estimate of drug-likeness (QED) is 0.409. The molecule has 0 radical (unpaired) electrons. The zero-order valence-electron chi connectivity index (χ0n) is 18.2. The van der Waals surface area contributed by atoms with E-state index in [1.54, 1.807) is 24.3 Å². The number of benzene rings is 2. The molecule has 2 aliphatic rings. The Morgan fingerprint density at radius 3 is 1.94 bits per heavy atom. The maximum absolute atomic E-state index is 13.0. The van der Waals surface area contributed by atoms with Gasteiger partial charge in [-0.1, -0.05) is 24.3 Å². The highest BCUT2D eigenvalue weighted by Crippen LogP contribution is 2.33. The van der Waals surface area contributed by atoms with Crippen molar-refractivity contribution in [3.63, 3.8) is 0 Å². The van der Waals surface area contributed by atoms with E-state index in [0.717, 1.165) is 43.7 Å². The topological polar surface area (TPSA) is 42.0 Å². The molecule has 2 bridgehead atoms. The monoisotopic (exact) mass is 466 g/mol. The van der Waals surface area contributed by atoms with E-state index >= 15 is 0 Å². The lowest BCUT2D eigenvalue weighted by Crippen LogP contribution is -2.45. The van der Waals surface area contributed by atoms with Crippen molar-refractivity contribution in [1.29, 1.82) is 0 Å². The fraction of sp³-hybridized carbons (Fsp3) is 0.458. The first-order valence-electron chi connectivity index (χ1n) is 10.8. The van der Waals surface area contributed by atoms with Gasteiger partial charge in [0.2, 0.25) is 0 Å². The minimum atomic E-state index is -4.16. The molecule has 0 aliphatic carbocycles. The standard InChI is InChI=1S/C24H26F4N2O3/c1-32-22(31)18-6-2-16(3-7-18)11-29-13-20-10-19(29)14-30(20)12-17-4-8-21(9-5-17)33-15-24(27,28)23(25)26/h2-9,19-20,23H,10-15H2,1H3/t19-,20-/m0/s1. The Bertz CT molecular complexity index is 953. The van der Waals surface area contributed by atoms with E-state index in [4.69, 9.17) is 9.47 Å². The Morgan fingerprint density at radius 1 is 0.970 bits per heavy atom. The summed E-state index contributed by atoms with van der Waals surface area (Å²) < 4.78 is 60.0. The Labute approximate surface area is 189 Å². The zero-order valence-corrected chi connectivity index (χ0v) is 18.2. The van der Waals surface area contributed by atoms with Gasteiger partial charge in [0.1, 0.15) is 5.75 Å². The molecule has 2 heterocycles. The number of esters is 1. The number of carbonyl (C=O) groups excluding carboxylic acids is 1. The fourth-order valence-electron chi connectivity index (χ4n) is 4.49. The molecular weight excluding hydrogens is 440 g/mol. The summed E-state index contributed by atoms with van der Waals surface area (Å²) in [4.78, 5) is 16.4. The van der Waals surface area contributed by atoms with Crippen LogP contribution in [0.2, 0.25) is 0 Å². The van der Waals surface area contributed by atoms with Gasteiger partial charge in [-0.2, -0.15) is 8.78 Å². The van der Waals surface area contributed by atoms with Crippen LogP contribution in [0.3, 0.4) is 0 Å².